The van der Waals surface area contributed by atoms with Gasteiger partial charge in [-0.25, -0.2) is 17.1 Å². The molecular weight excluding hydrogens is 271 g/mol. The van der Waals surface area contributed by atoms with Gasteiger partial charge in [-0.1, -0.05) is 6.07 Å². The molecule has 0 saturated carbocycles. The molecule has 0 aliphatic carbocycles. The van der Waals surface area contributed by atoms with Crippen molar-refractivity contribution in [2.45, 2.75) is 12.5 Å². The third kappa shape index (κ3) is 3.51. The van der Waals surface area contributed by atoms with Crippen LogP contribution in [-0.4, -0.2) is 44.0 Å². The van der Waals surface area contributed by atoms with Gasteiger partial charge in [0.05, 0.1) is 6.26 Å². The average molecular weight is 286 g/mol. The van der Waals surface area contributed by atoms with E-state index in [-0.39, 0.29) is 24.1 Å². The molecule has 1 unspecified atom stereocenters. The Bertz CT molecular complexity index is 588. The van der Waals surface area contributed by atoms with Crippen molar-refractivity contribution in [2.24, 2.45) is 0 Å². The van der Waals surface area contributed by atoms with Crippen molar-refractivity contribution >= 4 is 15.9 Å². The van der Waals surface area contributed by atoms with Gasteiger partial charge >= 0.3 is 0 Å². The maximum absolute atomic E-state index is 13.0. The van der Waals surface area contributed by atoms with Crippen LogP contribution in [0.1, 0.15) is 16.8 Å². The van der Waals surface area contributed by atoms with Crippen LogP contribution in [0.15, 0.2) is 24.3 Å². The Kier molecular flexibility index (Phi) is 3.86. The number of rotatable bonds is 3. The van der Waals surface area contributed by atoms with E-state index in [1.54, 1.807) is 0 Å². The largest absolute Gasteiger partial charge is 0.348 e. The quantitative estimate of drug-likeness (QED) is 0.884. The van der Waals surface area contributed by atoms with Gasteiger partial charge in [0.25, 0.3) is 5.91 Å². The van der Waals surface area contributed by atoms with E-state index in [1.165, 1.54) is 22.5 Å². The number of nitrogens with zero attached hydrogens (tertiary/aromatic N) is 1. The second-order valence-corrected chi connectivity index (χ2v) is 6.57. The third-order valence-electron chi connectivity index (χ3n) is 3.04. The Morgan fingerprint density at radius 3 is 2.79 bits per heavy atom. The summed E-state index contributed by atoms with van der Waals surface area (Å²) >= 11 is 0. The van der Waals surface area contributed by atoms with Crippen LogP contribution in [0.3, 0.4) is 0 Å². The summed E-state index contributed by atoms with van der Waals surface area (Å²) in [6.45, 7) is 0.660. The normalized spacial score (nSPS) is 20.4. The maximum atomic E-state index is 13.0. The molecule has 1 aromatic rings. The summed E-state index contributed by atoms with van der Waals surface area (Å²) in [5.41, 5.74) is 0.234. The van der Waals surface area contributed by atoms with Crippen molar-refractivity contribution in [1.29, 1.82) is 0 Å². The number of halogens is 1. The van der Waals surface area contributed by atoms with Gasteiger partial charge in [0, 0.05) is 24.7 Å². The van der Waals surface area contributed by atoms with Gasteiger partial charge in [0.1, 0.15) is 5.82 Å². The highest BCUT2D eigenvalue weighted by molar-refractivity contribution is 7.88. The van der Waals surface area contributed by atoms with Gasteiger partial charge in [-0.15, -0.1) is 0 Å². The SMILES string of the molecule is CS(=O)(=O)N1CCC(NC(=O)c2cccc(F)c2)C1. The van der Waals surface area contributed by atoms with Crippen LogP contribution < -0.4 is 5.32 Å². The highest BCUT2D eigenvalue weighted by Gasteiger charge is 2.29. The lowest BCUT2D eigenvalue weighted by Crippen LogP contribution is -2.38. The highest BCUT2D eigenvalue weighted by atomic mass is 32.2. The summed E-state index contributed by atoms with van der Waals surface area (Å²) < 4.78 is 37.0. The zero-order valence-electron chi connectivity index (χ0n) is 10.5. The monoisotopic (exact) mass is 286 g/mol. The molecule has 1 N–H and O–H groups in total. The summed E-state index contributed by atoms with van der Waals surface area (Å²) in [6.07, 6.45) is 1.71. The molecule has 1 aromatic carbocycles. The fourth-order valence-corrected chi connectivity index (χ4v) is 2.93. The number of amides is 1. The van der Waals surface area contributed by atoms with Crippen LogP contribution in [0.25, 0.3) is 0 Å². The van der Waals surface area contributed by atoms with Crippen LogP contribution >= 0.6 is 0 Å². The number of benzene rings is 1. The molecule has 1 amide bonds. The van der Waals surface area contributed by atoms with E-state index in [1.807, 2.05) is 0 Å². The second-order valence-electron chi connectivity index (χ2n) is 4.59. The number of hydrogen-bond donors (Lipinski definition) is 1. The fraction of sp³-hybridized carbons (Fsp3) is 0.417. The standard InChI is InChI=1S/C12H15FN2O3S/c1-19(17,18)15-6-5-11(8-15)14-12(16)9-3-2-4-10(13)7-9/h2-4,7,11H,5-6,8H2,1H3,(H,14,16). The molecule has 5 nitrogen and oxygen atoms in total. The zero-order chi connectivity index (χ0) is 14.0. The van der Waals surface area contributed by atoms with E-state index in [2.05, 4.69) is 5.32 Å². The average Bonchev–Trinajstić information content (AvgIpc) is 2.77. The van der Waals surface area contributed by atoms with Crippen molar-refractivity contribution < 1.29 is 17.6 Å². The Labute approximate surface area is 111 Å². The number of carbonyl (C=O) groups excluding carboxylic acids is 1. The van der Waals surface area contributed by atoms with Gasteiger partial charge in [-0.05, 0) is 24.6 Å². The van der Waals surface area contributed by atoms with Gasteiger partial charge in [0.15, 0.2) is 0 Å². The highest BCUT2D eigenvalue weighted by Crippen LogP contribution is 2.13. The van der Waals surface area contributed by atoms with Crippen molar-refractivity contribution in [2.75, 3.05) is 19.3 Å². The third-order valence-corrected chi connectivity index (χ3v) is 4.31. The molecular formula is C12H15FN2O3S. The molecule has 104 valence electrons. The minimum atomic E-state index is -3.22. The van der Waals surface area contributed by atoms with Crippen molar-refractivity contribution in [3.05, 3.63) is 35.6 Å². The number of nitrogens with one attached hydrogen (secondary N) is 1. The van der Waals surface area contributed by atoms with Gasteiger partial charge in [-0.3, -0.25) is 4.79 Å². The molecule has 1 aliphatic rings. The molecule has 2 rings (SSSR count). The van der Waals surface area contributed by atoms with E-state index >= 15 is 0 Å². The predicted octanol–water partition coefficient (Wildman–Crippen LogP) is 0.589. The molecule has 1 heterocycles. The van der Waals surface area contributed by atoms with Gasteiger partial charge in [-0.2, -0.15) is 0 Å². The van der Waals surface area contributed by atoms with E-state index in [0.717, 1.165) is 12.3 Å². The van der Waals surface area contributed by atoms with Crippen molar-refractivity contribution in [3.63, 3.8) is 0 Å². The van der Waals surface area contributed by atoms with Crippen LogP contribution in [-0.2, 0) is 10.0 Å². The number of carbonyl (C=O) groups is 1. The number of sulfonamides is 1. The minimum Gasteiger partial charge on any atom is -0.348 e. The first-order chi connectivity index (χ1) is 8.86. The Morgan fingerprint density at radius 2 is 2.21 bits per heavy atom. The lowest BCUT2D eigenvalue weighted by atomic mass is 10.2. The molecule has 1 aliphatic heterocycles. The van der Waals surface area contributed by atoms with E-state index in [9.17, 15) is 17.6 Å². The molecule has 1 saturated heterocycles. The lowest BCUT2D eigenvalue weighted by molar-refractivity contribution is 0.0938. The number of hydrogen-bond acceptors (Lipinski definition) is 3. The van der Waals surface area contributed by atoms with Gasteiger partial charge in [0.2, 0.25) is 10.0 Å². The van der Waals surface area contributed by atoms with Crippen molar-refractivity contribution in [3.8, 4) is 0 Å². The molecule has 19 heavy (non-hydrogen) atoms. The summed E-state index contributed by atoms with van der Waals surface area (Å²) in [5.74, 6) is -0.864. The van der Waals surface area contributed by atoms with Crippen LogP contribution in [0, 0.1) is 5.82 Å². The minimum absolute atomic E-state index is 0.231. The van der Waals surface area contributed by atoms with Crippen LogP contribution in [0.2, 0.25) is 0 Å². The topological polar surface area (TPSA) is 66.5 Å². The fourth-order valence-electron chi connectivity index (χ4n) is 2.05. The molecule has 0 radical (unpaired) electrons. The lowest BCUT2D eigenvalue weighted by Gasteiger charge is -2.14. The summed E-state index contributed by atoms with van der Waals surface area (Å²) in [5, 5.41) is 2.71. The van der Waals surface area contributed by atoms with E-state index in [0.29, 0.717) is 13.0 Å². The smallest absolute Gasteiger partial charge is 0.251 e. The molecule has 0 spiro atoms. The molecule has 1 fully saturated rings. The van der Waals surface area contributed by atoms with E-state index in [4.69, 9.17) is 0 Å². The Morgan fingerprint density at radius 1 is 1.47 bits per heavy atom. The Balaban J connectivity index is 1.98. The maximum Gasteiger partial charge on any atom is 0.251 e. The summed E-state index contributed by atoms with van der Waals surface area (Å²) in [4.78, 5) is 11.9. The van der Waals surface area contributed by atoms with Crippen LogP contribution in [0.4, 0.5) is 4.39 Å². The molecule has 7 heteroatoms. The second kappa shape index (κ2) is 5.26. The molecule has 1 atom stereocenters. The molecule has 0 bridgehead atoms. The summed E-state index contributed by atoms with van der Waals surface area (Å²) in [6, 6.07) is 5.16. The first kappa shape index (κ1) is 14.0. The summed E-state index contributed by atoms with van der Waals surface area (Å²) in [7, 11) is -3.22. The van der Waals surface area contributed by atoms with Crippen LogP contribution in [0.5, 0.6) is 0 Å². The first-order valence-corrected chi connectivity index (χ1v) is 7.72. The van der Waals surface area contributed by atoms with E-state index < -0.39 is 15.8 Å². The zero-order valence-corrected chi connectivity index (χ0v) is 11.3. The molecule has 0 aromatic heterocycles. The first-order valence-electron chi connectivity index (χ1n) is 5.88. The predicted molar refractivity (Wildman–Crippen MR) is 68.7 cm³/mol. The van der Waals surface area contributed by atoms with Gasteiger partial charge < -0.3 is 5.32 Å². The Hall–Kier alpha value is -1.47. The van der Waals surface area contributed by atoms with Crippen molar-refractivity contribution in [1.82, 2.24) is 9.62 Å².